The van der Waals surface area contributed by atoms with Crippen molar-refractivity contribution in [1.29, 1.82) is 0 Å². The smallest absolute Gasteiger partial charge is 0.319 e. The molecule has 0 bridgehead atoms. The molecule has 1 saturated heterocycles. The highest BCUT2D eigenvalue weighted by molar-refractivity contribution is 5.71. The minimum atomic E-state index is -0.163. The lowest BCUT2D eigenvalue weighted by Gasteiger charge is -2.21. The van der Waals surface area contributed by atoms with Crippen molar-refractivity contribution in [3.63, 3.8) is 0 Å². The van der Waals surface area contributed by atoms with E-state index in [9.17, 15) is 4.79 Å². The van der Waals surface area contributed by atoms with Crippen LogP contribution in [0.5, 0.6) is 0 Å². The van der Waals surface area contributed by atoms with Crippen LogP contribution in [0.4, 0.5) is 0 Å². The molecule has 1 fully saturated rings. The SMILES string of the molecule is CCOC(=O)CNCCC1CCOCC1. The van der Waals surface area contributed by atoms with Crippen molar-refractivity contribution in [2.45, 2.75) is 26.2 Å². The van der Waals surface area contributed by atoms with Gasteiger partial charge in [0, 0.05) is 13.2 Å². The second-order valence-electron chi connectivity index (χ2n) is 3.83. The third kappa shape index (κ3) is 5.74. The Morgan fingerprint density at radius 2 is 2.20 bits per heavy atom. The first-order valence-corrected chi connectivity index (χ1v) is 5.77. The Labute approximate surface area is 91.3 Å². The Bertz CT molecular complexity index is 179. The van der Waals surface area contributed by atoms with Crippen LogP contribution < -0.4 is 5.32 Å². The molecule has 0 aromatic heterocycles. The topological polar surface area (TPSA) is 47.6 Å². The predicted octanol–water partition coefficient (Wildman–Crippen LogP) is 0.956. The van der Waals surface area contributed by atoms with E-state index >= 15 is 0 Å². The number of nitrogens with one attached hydrogen (secondary N) is 1. The molecule has 0 spiro atoms. The lowest BCUT2D eigenvalue weighted by molar-refractivity contribution is -0.142. The average molecular weight is 215 g/mol. The standard InChI is InChI=1S/C11H21NO3/c1-2-15-11(13)9-12-6-3-10-4-7-14-8-5-10/h10,12H,2-9H2,1H3. The molecule has 0 aliphatic carbocycles. The first-order chi connectivity index (χ1) is 7.33. The van der Waals surface area contributed by atoms with Gasteiger partial charge in [-0.3, -0.25) is 4.79 Å². The van der Waals surface area contributed by atoms with E-state index in [1.54, 1.807) is 0 Å². The van der Waals surface area contributed by atoms with E-state index in [-0.39, 0.29) is 5.97 Å². The largest absolute Gasteiger partial charge is 0.465 e. The van der Waals surface area contributed by atoms with E-state index in [0.29, 0.717) is 13.2 Å². The molecular formula is C11H21NO3. The van der Waals surface area contributed by atoms with Crippen molar-refractivity contribution in [2.75, 3.05) is 32.9 Å². The maximum atomic E-state index is 11.0. The van der Waals surface area contributed by atoms with Crippen LogP contribution in [0, 0.1) is 5.92 Å². The van der Waals surface area contributed by atoms with Crippen LogP contribution in [0.2, 0.25) is 0 Å². The molecule has 1 N–H and O–H groups in total. The molecule has 0 radical (unpaired) electrons. The van der Waals surface area contributed by atoms with Crippen LogP contribution in [0.1, 0.15) is 26.2 Å². The van der Waals surface area contributed by atoms with Crippen LogP contribution in [-0.4, -0.2) is 38.9 Å². The Balaban J connectivity index is 1.93. The molecule has 0 aromatic carbocycles. The first-order valence-electron chi connectivity index (χ1n) is 5.77. The Morgan fingerprint density at radius 3 is 2.87 bits per heavy atom. The number of hydrogen-bond acceptors (Lipinski definition) is 4. The van der Waals surface area contributed by atoms with Crippen LogP contribution in [0.25, 0.3) is 0 Å². The number of ether oxygens (including phenoxy) is 2. The maximum absolute atomic E-state index is 11.0. The maximum Gasteiger partial charge on any atom is 0.319 e. The monoisotopic (exact) mass is 215 g/mol. The van der Waals surface area contributed by atoms with Gasteiger partial charge in [0.05, 0.1) is 13.2 Å². The summed E-state index contributed by atoms with van der Waals surface area (Å²) >= 11 is 0. The van der Waals surface area contributed by atoms with Crippen LogP contribution in [0.15, 0.2) is 0 Å². The van der Waals surface area contributed by atoms with E-state index < -0.39 is 0 Å². The van der Waals surface area contributed by atoms with E-state index in [1.807, 2.05) is 6.92 Å². The zero-order valence-corrected chi connectivity index (χ0v) is 9.46. The van der Waals surface area contributed by atoms with Gasteiger partial charge < -0.3 is 14.8 Å². The van der Waals surface area contributed by atoms with Gasteiger partial charge in [-0.2, -0.15) is 0 Å². The van der Waals surface area contributed by atoms with Gasteiger partial charge in [-0.1, -0.05) is 0 Å². The molecule has 0 amide bonds. The fourth-order valence-electron chi connectivity index (χ4n) is 1.74. The minimum absolute atomic E-state index is 0.163. The van der Waals surface area contributed by atoms with Gasteiger partial charge in [-0.25, -0.2) is 0 Å². The summed E-state index contributed by atoms with van der Waals surface area (Å²) in [5, 5.41) is 3.10. The van der Waals surface area contributed by atoms with Gasteiger partial charge in [-0.05, 0) is 38.6 Å². The molecule has 15 heavy (non-hydrogen) atoms. The first kappa shape index (κ1) is 12.5. The molecule has 0 atom stereocenters. The summed E-state index contributed by atoms with van der Waals surface area (Å²) in [5.74, 6) is 0.595. The number of carbonyl (C=O) groups excluding carboxylic acids is 1. The molecule has 1 heterocycles. The van der Waals surface area contributed by atoms with E-state index in [4.69, 9.17) is 9.47 Å². The number of esters is 1. The summed E-state index contributed by atoms with van der Waals surface area (Å²) in [4.78, 5) is 11.0. The average Bonchev–Trinajstić information content (AvgIpc) is 2.26. The summed E-state index contributed by atoms with van der Waals surface area (Å²) < 4.78 is 10.1. The van der Waals surface area contributed by atoms with Gasteiger partial charge >= 0.3 is 5.97 Å². The third-order valence-corrected chi connectivity index (χ3v) is 2.64. The van der Waals surface area contributed by atoms with Crippen molar-refractivity contribution in [2.24, 2.45) is 5.92 Å². The van der Waals surface area contributed by atoms with Crippen molar-refractivity contribution in [3.05, 3.63) is 0 Å². The highest BCUT2D eigenvalue weighted by atomic mass is 16.5. The van der Waals surface area contributed by atoms with Crippen LogP contribution >= 0.6 is 0 Å². The Hall–Kier alpha value is -0.610. The van der Waals surface area contributed by atoms with Gasteiger partial charge in [0.1, 0.15) is 0 Å². The quantitative estimate of drug-likeness (QED) is 0.529. The summed E-state index contributed by atoms with van der Waals surface area (Å²) in [7, 11) is 0. The van der Waals surface area contributed by atoms with E-state index in [2.05, 4.69) is 5.32 Å². The fourth-order valence-corrected chi connectivity index (χ4v) is 1.74. The second kappa shape index (κ2) is 7.65. The fraction of sp³-hybridized carbons (Fsp3) is 0.909. The molecule has 0 saturated carbocycles. The predicted molar refractivity (Wildman–Crippen MR) is 57.7 cm³/mol. The summed E-state index contributed by atoms with van der Waals surface area (Å²) in [6.45, 7) is 5.28. The van der Waals surface area contributed by atoms with E-state index in [1.165, 1.54) is 0 Å². The molecule has 4 nitrogen and oxygen atoms in total. The molecule has 88 valence electrons. The molecule has 1 rings (SSSR count). The number of rotatable bonds is 6. The van der Waals surface area contributed by atoms with Crippen molar-refractivity contribution < 1.29 is 14.3 Å². The number of carbonyl (C=O) groups is 1. The minimum Gasteiger partial charge on any atom is -0.465 e. The second-order valence-corrected chi connectivity index (χ2v) is 3.83. The Kier molecular flexibility index (Phi) is 6.36. The van der Waals surface area contributed by atoms with Crippen molar-refractivity contribution >= 4 is 5.97 Å². The van der Waals surface area contributed by atoms with Crippen LogP contribution in [0.3, 0.4) is 0 Å². The number of hydrogen-bond donors (Lipinski definition) is 1. The molecule has 1 aliphatic rings. The molecule has 1 aliphatic heterocycles. The highest BCUT2D eigenvalue weighted by Crippen LogP contribution is 2.17. The van der Waals surface area contributed by atoms with E-state index in [0.717, 1.165) is 44.9 Å². The summed E-state index contributed by atoms with van der Waals surface area (Å²) in [5.41, 5.74) is 0. The summed E-state index contributed by atoms with van der Waals surface area (Å²) in [6, 6.07) is 0. The van der Waals surface area contributed by atoms with Gasteiger partial charge in [0.2, 0.25) is 0 Å². The summed E-state index contributed by atoms with van der Waals surface area (Å²) in [6.07, 6.45) is 3.44. The zero-order valence-electron chi connectivity index (χ0n) is 9.46. The lowest BCUT2D eigenvalue weighted by Crippen LogP contribution is -2.28. The van der Waals surface area contributed by atoms with Gasteiger partial charge in [-0.15, -0.1) is 0 Å². The molecule has 0 aromatic rings. The van der Waals surface area contributed by atoms with Crippen molar-refractivity contribution in [3.8, 4) is 0 Å². The molecule has 4 heteroatoms. The zero-order chi connectivity index (χ0) is 10.9. The third-order valence-electron chi connectivity index (χ3n) is 2.64. The normalized spacial score (nSPS) is 17.7. The van der Waals surface area contributed by atoms with Crippen LogP contribution in [-0.2, 0) is 14.3 Å². The van der Waals surface area contributed by atoms with Gasteiger partial charge in [0.15, 0.2) is 0 Å². The highest BCUT2D eigenvalue weighted by Gasteiger charge is 2.13. The van der Waals surface area contributed by atoms with Crippen molar-refractivity contribution in [1.82, 2.24) is 5.32 Å². The lowest BCUT2D eigenvalue weighted by atomic mass is 9.97. The molecule has 0 unspecified atom stereocenters. The Morgan fingerprint density at radius 1 is 1.47 bits per heavy atom. The van der Waals surface area contributed by atoms with Gasteiger partial charge in [0.25, 0.3) is 0 Å². The molecular weight excluding hydrogens is 194 g/mol.